The second kappa shape index (κ2) is 7.11. The fourth-order valence-electron chi connectivity index (χ4n) is 2.88. The van der Waals surface area contributed by atoms with Gasteiger partial charge < -0.3 is 5.32 Å². The molecule has 1 N–H and O–H groups in total. The molecule has 2 atom stereocenters. The van der Waals surface area contributed by atoms with Gasteiger partial charge in [-0.15, -0.1) is 11.3 Å². The molecule has 0 bridgehead atoms. The van der Waals surface area contributed by atoms with Gasteiger partial charge in [0.25, 0.3) is 15.0 Å². The molecule has 1 saturated carbocycles. The summed E-state index contributed by atoms with van der Waals surface area (Å²) in [6.07, 6.45) is 6.06. The van der Waals surface area contributed by atoms with Crippen LogP contribution in [0.25, 0.3) is 0 Å². The fraction of sp³-hybridized carbons (Fsp3) is 0.643. The van der Waals surface area contributed by atoms with Crippen LogP contribution in [0.1, 0.15) is 49.4 Å². The highest BCUT2D eigenvalue weighted by atomic mass is 35.7. The summed E-state index contributed by atoms with van der Waals surface area (Å²) in [6, 6.07) is 1.32. The van der Waals surface area contributed by atoms with E-state index in [1.165, 1.54) is 37.1 Å². The monoisotopic (exact) mass is 349 g/mol. The highest BCUT2D eigenvalue weighted by Crippen LogP contribution is 2.30. The van der Waals surface area contributed by atoms with Gasteiger partial charge in [-0.1, -0.05) is 26.2 Å². The highest BCUT2D eigenvalue weighted by Gasteiger charge is 2.19. The summed E-state index contributed by atoms with van der Waals surface area (Å²) in [6.45, 7) is 2.92. The maximum Gasteiger partial charge on any atom is 0.270 e. The van der Waals surface area contributed by atoms with E-state index in [0.717, 1.165) is 23.7 Å². The number of halogens is 1. The zero-order chi connectivity index (χ0) is 15.5. The second-order valence-corrected chi connectivity index (χ2v) is 9.48. The van der Waals surface area contributed by atoms with Crippen LogP contribution in [-0.4, -0.2) is 20.9 Å². The lowest BCUT2D eigenvalue weighted by Gasteiger charge is -2.26. The van der Waals surface area contributed by atoms with Crippen LogP contribution in [-0.2, 0) is 9.05 Å². The molecule has 21 heavy (non-hydrogen) atoms. The van der Waals surface area contributed by atoms with E-state index in [0.29, 0.717) is 18.0 Å². The molecular weight excluding hydrogens is 330 g/mol. The molecule has 0 radical (unpaired) electrons. The number of hydrogen-bond acceptors (Lipinski definition) is 4. The standard InChI is InChI=1S/C14H20ClNO3S2/c1-10-3-2-4-11(7-10)5-6-16-14(17)12-8-13(20-9-12)21(15,18)19/h8-11H,2-7H2,1H3,(H,16,17). The normalized spacial score (nSPS) is 23.0. The molecule has 2 rings (SSSR count). The molecule has 1 amide bonds. The van der Waals surface area contributed by atoms with E-state index in [4.69, 9.17) is 10.7 Å². The number of rotatable bonds is 5. The lowest BCUT2D eigenvalue weighted by Crippen LogP contribution is -2.26. The first-order valence-electron chi connectivity index (χ1n) is 7.17. The average molecular weight is 350 g/mol. The van der Waals surface area contributed by atoms with Crippen LogP contribution in [0.2, 0.25) is 0 Å². The Kier molecular flexibility index (Phi) is 5.68. The molecule has 0 spiro atoms. The number of nitrogens with one attached hydrogen (secondary N) is 1. The summed E-state index contributed by atoms with van der Waals surface area (Å²) in [5, 5.41) is 4.38. The highest BCUT2D eigenvalue weighted by molar-refractivity contribution is 8.15. The van der Waals surface area contributed by atoms with Gasteiger partial charge in [0, 0.05) is 22.6 Å². The van der Waals surface area contributed by atoms with E-state index in [1.807, 2.05) is 0 Å². The lowest BCUT2D eigenvalue weighted by molar-refractivity contribution is 0.0950. The summed E-state index contributed by atoms with van der Waals surface area (Å²) in [5.41, 5.74) is 0.358. The van der Waals surface area contributed by atoms with Crippen molar-refractivity contribution in [1.29, 1.82) is 0 Å². The minimum Gasteiger partial charge on any atom is -0.352 e. The smallest absolute Gasteiger partial charge is 0.270 e. The van der Waals surface area contributed by atoms with Gasteiger partial charge >= 0.3 is 0 Å². The van der Waals surface area contributed by atoms with Crippen molar-refractivity contribution in [3.63, 3.8) is 0 Å². The molecule has 4 nitrogen and oxygen atoms in total. The third kappa shape index (κ3) is 4.97. The lowest BCUT2D eigenvalue weighted by atomic mass is 9.81. The zero-order valence-corrected chi connectivity index (χ0v) is 14.4. The molecule has 1 fully saturated rings. The second-order valence-electron chi connectivity index (χ2n) is 5.77. The van der Waals surface area contributed by atoms with E-state index in [1.54, 1.807) is 0 Å². The first-order valence-corrected chi connectivity index (χ1v) is 10.4. The minimum absolute atomic E-state index is 0.00965. The minimum atomic E-state index is -3.75. The van der Waals surface area contributed by atoms with E-state index in [2.05, 4.69) is 12.2 Å². The Morgan fingerprint density at radius 1 is 1.48 bits per heavy atom. The molecule has 1 aromatic heterocycles. The third-order valence-electron chi connectivity index (χ3n) is 3.96. The van der Waals surface area contributed by atoms with E-state index in [-0.39, 0.29) is 10.1 Å². The van der Waals surface area contributed by atoms with Gasteiger partial charge in [-0.25, -0.2) is 8.42 Å². The van der Waals surface area contributed by atoms with Crippen LogP contribution in [0.15, 0.2) is 15.7 Å². The van der Waals surface area contributed by atoms with Crippen LogP contribution < -0.4 is 5.32 Å². The summed E-state index contributed by atoms with van der Waals surface area (Å²) in [4.78, 5) is 11.9. The number of thiophene rings is 1. The first-order chi connectivity index (χ1) is 9.86. The molecule has 1 aliphatic carbocycles. The van der Waals surface area contributed by atoms with Crippen molar-refractivity contribution in [1.82, 2.24) is 5.32 Å². The predicted octanol–water partition coefficient (Wildman–Crippen LogP) is 3.62. The molecular formula is C14H20ClNO3S2. The number of amides is 1. The van der Waals surface area contributed by atoms with Crippen LogP contribution in [0.5, 0.6) is 0 Å². The van der Waals surface area contributed by atoms with Gasteiger partial charge in [0.05, 0.1) is 5.56 Å². The van der Waals surface area contributed by atoms with Crippen molar-refractivity contribution in [2.75, 3.05) is 6.54 Å². The van der Waals surface area contributed by atoms with Gasteiger partial charge in [0.1, 0.15) is 4.21 Å². The van der Waals surface area contributed by atoms with Crippen LogP contribution in [0, 0.1) is 11.8 Å². The van der Waals surface area contributed by atoms with Gasteiger partial charge in [0.15, 0.2) is 0 Å². The van der Waals surface area contributed by atoms with Gasteiger partial charge in [-0.05, 0) is 30.7 Å². The Bertz CT molecular complexity index is 597. The van der Waals surface area contributed by atoms with Gasteiger partial charge in [-0.2, -0.15) is 0 Å². The van der Waals surface area contributed by atoms with Crippen molar-refractivity contribution in [2.45, 2.75) is 43.2 Å². The molecule has 0 aromatic carbocycles. The summed E-state index contributed by atoms with van der Waals surface area (Å²) >= 11 is 0.966. The Morgan fingerprint density at radius 3 is 2.86 bits per heavy atom. The molecule has 7 heteroatoms. The maximum absolute atomic E-state index is 11.9. The first kappa shape index (κ1) is 16.8. The quantitative estimate of drug-likeness (QED) is 0.826. The van der Waals surface area contributed by atoms with Crippen LogP contribution in [0.3, 0.4) is 0 Å². The van der Waals surface area contributed by atoms with Crippen molar-refractivity contribution in [2.24, 2.45) is 11.8 Å². The molecule has 0 saturated heterocycles. The molecule has 2 unspecified atom stereocenters. The fourth-order valence-corrected chi connectivity index (χ4v) is 4.82. The summed E-state index contributed by atoms with van der Waals surface area (Å²) < 4.78 is 22.3. The summed E-state index contributed by atoms with van der Waals surface area (Å²) in [5.74, 6) is 1.24. The molecule has 1 aliphatic rings. The van der Waals surface area contributed by atoms with E-state index >= 15 is 0 Å². The topological polar surface area (TPSA) is 63.2 Å². The Balaban J connectivity index is 1.81. The molecule has 1 heterocycles. The number of carbonyl (C=O) groups is 1. The van der Waals surface area contributed by atoms with E-state index in [9.17, 15) is 13.2 Å². The Labute approximate surface area is 134 Å². The molecule has 118 valence electrons. The van der Waals surface area contributed by atoms with Crippen molar-refractivity contribution >= 4 is 37.0 Å². The Morgan fingerprint density at radius 2 is 2.24 bits per heavy atom. The van der Waals surface area contributed by atoms with Crippen LogP contribution >= 0.6 is 22.0 Å². The van der Waals surface area contributed by atoms with Crippen molar-refractivity contribution < 1.29 is 13.2 Å². The summed E-state index contributed by atoms with van der Waals surface area (Å²) in [7, 11) is 1.50. The zero-order valence-electron chi connectivity index (χ0n) is 12.0. The third-order valence-corrected chi connectivity index (χ3v) is 7.00. The average Bonchev–Trinajstić information content (AvgIpc) is 2.88. The molecule has 0 aliphatic heterocycles. The Hall–Kier alpha value is -0.590. The SMILES string of the molecule is CC1CCCC(CCNC(=O)c2csc(S(=O)(=O)Cl)c2)C1. The number of carbonyl (C=O) groups excluding carboxylic acids is 1. The van der Waals surface area contributed by atoms with Crippen molar-refractivity contribution in [3.05, 3.63) is 17.0 Å². The van der Waals surface area contributed by atoms with Gasteiger partial charge in [0.2, 0.25) is 0 Å². The van der Waals surface area contributed by atoms with E-state index < -0.39 is 9.05 Å². The predicted molar refractivity (Wildman–Crippen MR) is 85.4 cm³/mol. The van der Waals surface area contributed by atoms with Crippen molar-refractivity contribution in [3.8, 4) is 0 Å². The van der Waals surface area contributed by atoms with Crippen LogP contribution in [0.4, 0.5) is 0 Å². The number of hydrogen-bond donors (Lipinski definition) is 1. The molecule has 1 aromatic rings. The maximum atomic E-state index is 11.9. The van der Waals surface area contributed by atoms with Gasteiger partial charge in [-0.3, -0.25) is 4.79 Å². The largest absolute Gasteiger partial charge is 0.352 e.